The Labute approximate surface area is 66.9 Å². The molecule has 1 unspecified atom stereocenters. The van der Waals surface area contributed by atoms with E-state index in [-0.39, 0.29) is 11.7 Å². The van der Waals surface area contributed by atoms with E-state index < -0.39 is 0 Å². The molecule has 0 aliphatic carbocycles. The summed E-state index contributed by atoms with van der Waals surface area (Å²) in [7, 11) is 0. The summed E-state index contributed by atoms with van der Waals surface area (Å²) in [5, 5.41) is 9.37. The number of aliphatic hydroxyl groups is 1. The van der Waals surface area contributed by atoms with Crippen molar-refractivity contribution in [1.82, 2.24) is 4.90 Å². The van der Waals surface area contributed by atoms with Crippen molar-refractivity contribution >= 4 is 0 Å². The van der Waals surface area contributed by atoms with Crippen LogP contribution in [0.5, 0.6) is 0 Å². The molecule has 0 aromatic rings. The maximum atomic E-state index is 9.37. The Morgan fingerprint density at radius 2 is 2.18 bits per heavy atom. The van der Waals surface area contributed by atoms with Gasteiger partial charge in [0.05, 0.1) is 6.61 Å². The lowest BCUT2D eigenvalue weighted by Gasteiger charge is -2.59. The first kappa shape index (κ1) is 7.53. The minimum atomic E-state index is -0.211. The van der Waals surface area contributed by atoms with Crippen molar-refractivity contribution in [2.45, 2.75) is 31.6 Å². The van der Waals surface area contributed by atoms with E-state index in [0.29, 0.717) is 12.6 Å². The van der Waals surface area contributed by atoms with Gasteiger partial charge in [0.2, 0.25) is 0 Å². The third-order valence-corrected chi connectivity index (χ3v) is 2.81. The summed E-state index contributed by atoms with van der Waals surface area (Å²) in [4.78, 5) is 2.31. The number of ether oxygens (including phenoxy) is 1. The smallest absolute Gasteiger partial charge is 0.122 e. The third-order valence-electron chi connectivity index (χ3n) is 2.81. The van der Waals surface area contributed by atoms with Gasteiger partial charge in [0.1, 0.15) is 11.7 Å². The van der Waals surface area contributed by atoms with Gasteiger partial charge in [-0.15, -0.1) is 0 Å². The molecule has 2 heterocycles. The summed E-state index contributed by atoms with van der Waals surface area (Å²) in [6, 6.07) is 0.581. The van der Waals surface area contributed by atoms with Crippen LogP contribution in [0.2, 0.25) is 0 Å². The maximum absolute atomic E-state index is 9.37. The Hall–Kier alpha value is -0.120. The van der Waals surface area contributed by atoms with Crippen LogP contribution in [0.1, 0.15) is 13.8 Å². The van der Waals surface area contributed by atoms with Crippen LogP contribution in [-0.2, 0) is 4.74 Å². The summed E-state index contributed by atoms with van der Waals surface area (Å²) in [6.45, 7) is 6.68. The second kappa shape index (κ2) is 2.19. The normalized spacial score (nSPS) is 35.5. The van der Waals surface area contributed by atoms with E-state index in [9.17, 15) is 5.11 Å². The highest BCUT2D eigenvalue weighted by Crippen LogP contribution is 2.37. The van der Waals surface area contributed by atoms with Gasteiger partial charge in [-0.05, 0) is 13.8 Å². The molecule has 64 valence electrons. The van der Waals surface area contributed by atoms with Gasteiger partial charge < -0.3 is 9.84 Å². The van der Waals surface area contributed by atoms with Crippen molar-refractivity contribution in [2.24, 2.45) is 0 Å². The fourth-order valence-corrected chi connectivity index (χ4v) is 1.70. The molecule has 0 saturated carbocycles. The van der Waals surface area contributed by atoms with Crippen molar-refractivity contribution in [2.75, 3.05) is 19.7 Å². The Morgan fingerprint density at radius 3 is 2.45 bits per heavy atom. The van der Waals surface area contributed by atoms with Gasteiger partial charge in [-0.1, -0.05) is 0 Å². The summed E-state index contributed by atoms with van der Waals surface area (Å²) >= 11 is 0. The molecule has 3 nitrogen and oxygen atoms in total. The van der Waals surface area contributed by atoms with Gasteiger partial charge in [-0.2, -0.15) is 0 Å². The number of nitrogens with zero attached hydrogens (tertiary/aromatic N) is 1. The predicted octanol–water partition coefficient (Wildman–Crippen LogP) is -0.160. The Morgan fingerprint density at radius 1 is 1.55 bits per heavy atom. The van der Waals surface area contributed by atoms with E-state index in [1.54, 1.807) is 0 Å². The van der Waals surface area contributed by atoms with Crippen molar-refractivity contribution in [3.63, 3.8) is 0 Å². The minimum Gasteiger partial charge on any atom is -0.388 e. The van der Waals surface area contributed by atoms with Crippen molar-refractivity contribution in [1.29, 1.82) is 0 Å². The van der Waals surface area contributed by atoms with Crippen LogP contribution < -0.4 is 0 Å². The van der Waals surface area contributed by atoms with Crippen LogP contribution in [0.3, 0.4) is 0 Å². The van der Waals surface area contributed by atoms with Crippen LogP contribution >= 0.6 is 0 Å². The average molecular weight is 157 g/mol. The molecule has 0 radical (unpaired) electrons. The molecule has 0 aromatic carbocycles. The zero-order valence-electron chi connectivity index (χ0n) is 7.08. The van der Waals surface area contributed by atoms with Crippen LogP contribution in [0.4, 0.5) is 0 Å². The average Bonchev–Trinajstić information content (AvgIpc) is 1.81. The molecule has 1 atom stereocenters. The second-order valence-electron chi connectivity index (χ2n) is 3.89. The number of hydrogen-bond acceptors (Lipinski definition) is 3. The standard InChI is InChI=1S/C8H15NO2/c1-6(2)9-4-8(5-9)7(10)3-11-8/h6-7,10H,3-5H2,1-2H3. The summed E-state index contributed by atoms with van der Waals surface area (Å²) < 4.78 is 5.36. The Kier molecular flexibility index (Phi) is 1.50. The lowest BCUT2D eigenvalue weighted by molar-refractivity contribution is -0.295. The van der Waals surface area contributed by atoms with Gasteiger partial charge >= 0.3 is 0 Å². The lowest BCUT2D eigenvalue weighted by atomic mass is 9.83. The van der Waals surface area contributed by atoms with Crippen LogP contribution in [0.15, 0.2) is 0 Å². The van der Waals surface area contributed by atoms with Crippen LogP contribution in [-0.4, -0.2) is 47.4 Å². The zero-order valence-corrected chi connectivity index (χ0v) is 7.08. The highest BCUT2D eigenvalue weighted by molar-refractivity contribution is 5.08. The third kappa shape index (κ3) is 0.916. The van der Waals surface area contributed by atoms with Crippen LogP contribution in [0, 0.1) is 0 Å². The fraction of sp³-hybridized carbons (Fsp3) is 1.00. The molecule has 0 aromatic heterocycles. The van der Waals surface area contributed by atoms with Crippen LogP contribution in [0.25, 0.3) is 0 Å². The summed E-state index contributed by atoms with van der Waals surface area (Å²) in [6.07, 6.45) is -0.211. The Bertz CT molecular complexity index is 163. The SMILES string of the molecule is CC(C)N1CC2(C1)OCC2O. The summed E-state index contributed by atoms with van der Waals surface area (Å²) in [5.74, 6) is 0. The first-order valence-electron chi connectivity index (χ1n) is 4.20. The maximum Gasteiger partial charge on any atom is 0.122 e. The molecule has 2 saturated heterocycles. The number of rotatable bonds is 1. The van der Waals surface area contributed by atoms with Crippen molar-refractivity contribution < 1.29 is 9.84 Å². The van der Waals surface area contributed by atoms with E-state index in [2.05, 4.69) is 18.7 Å². The lowest BCUT2D eigenvalue weighted by Crippen LogP contribution is -2.76. The van der Waals surface area contributed by atoms with Gasteiger partial charge in [0, 0.05) is 19.1 Å². The molecule has 1 N–H and O–H groups in total. The zero-order chi connectivity index (χ0) is 8.06. The molecule has 3 heteroatoms. The van der Waals surface area contributed by atoms with Crippen molar-refractivity contribution in [3.05, 3.63) is 0 Å². The molecule has 2 fully saturated rings. The minimum absolute atomic E-state index is 0.162. The molecule has 2 rings (SSSR count). The van der Waals surface area contributed by atoms with E-state index in [4.69, 9.17) is 4.74 Å². The predicted molar refractivity (Wildman–Crippen MR) is 41.4 cm³/mol. The summed E-state index contributed by atoms with van der Waals surface area (Å²) in [5.41, 5.74) is -0.162. The van der Waals surface area contributed by atoms with Gasteiger partial charge in [-0.3, -0.25) is 4.90 Å². The topological polar surface area (TPSA) is 32.7 Å². The number of hydrogen-bond donors (Lipinski definition) is 1. The molecule has 0 bridgehead atoms. The van der Waals surface area contributed by atoms with E-state index in [0.717, 1.165) is 13.1 Å². The molecule has 11 heavy (non-hydrogen) atoms. The molecule has 2 aliphatic rings. The highest BCUT2D eigenvalue weighted by Gasteiger charge is 2.56. The molecule has 0 amide bonds. The largest absolute Gasteiger partial charge is 0.388 e. The first-order chi connectivity index (χ1) is 5.14. The van der Waals surface area contributed by atoms with Crippen molar-refractivity contribution in [3.8, 4) is 0 Å². The quantitative estimate of drug-likeness (QED) is 0.574. The molecular weight excluding hydrogens is 142 g/mol. The first-order valence-corrected chi connectivity index (χ1v) is 4.20. The molecule has 2 aliphatic heterocycles. The van der Waals surface area contributed by atoms with E-state index in [1.807, 2.05) is 0 Å². The fourth-order valence-electron chi connectivity index (χ4n) is 1.70. The van der Waals surface area contributed by atoms with Gasteiger partial charge in [0.15, 0.2) is 0 Å². The number of aliphatic hydroxyl groups excluding tert-OH is 1. The Balaban J connectivity index is 1.87. The number of likely N-dealkylation sites (tertiary alicyclic amines) is 1. The highest BCUT2D eigenvalue weighted by atomic mass is 16.6. The monoisotopic (exact) mass is 157 g/mol. The molecular formula is C8H15NO2. The second-order valence-corrected chi connectivity index (χ2v) is 3.89. The molecule has 1 spiro atoms. The van der Waals surface area contributed by atoms with Gasteiger partial charge in [-0.25, -0.2) is 0 Å². The van der Waals surface area contributed by atoms with Gasteiger partial charge in [0.25, 0.3) is 0 Å². The van der Waals surface area contributed by atoms with E-state index in [1.165, 1.54) is 0 Å². The van der Waals surface area contributed by atoms with E-state index >= 15 is 0 Å².